The van der Waals surface area contributed by atoms with Crippen LogP contribution in [-0.4, -0.2) is 0 Å². The van der Waals surface area contributed by atoms with Gasteiger partial charge in [-0.25, -0.2) is 0 Å². The van der Waals surface area contributed by atoms with Gasteiger partial charge in [-0.15, -0.1) is 6.58 Å². The summed E-state index contributed by atoms with van der Waals surface area (Å²) in [4.78, 5) is 0. The first-order valence-corrected chi connectivity index (χ1v) is 11.5. The molecule has 0 unspecified atom stereocenters. The van der Waals surface area contributed by atoms with E-state index in [0.29, 0.717) is 0 Å². The zero-order valence-electron chi connectivity index (χ0n) is 18.4. The molecule has 6 rings (SSSR count). The quantitative estimate of drug-likeness (QED) is 0.205. The molecule has 0 radical (unpaired) electrons. The molecule has 0 saturated carbocycles. The molecule has 0 heteroatoms. The van der Waals surface area contributed by atoms with Gasteiger partial charge < -0.3 is 0 Å². The van der Waals surface area contributed by atoms with E-state index in [2.05, 4.69) is 111 Å². The first kappa shape index (κ1) is 19.1. The van der Waals surface area contributed by atoms with E-state index < -0.39 is 0 Å². The summed E-state index contributed by atoms with van der Waals surface area (Å²) < 4.78 is 0. The summed E-state index contributed by atoms with van der Waals surface area (Å²) in [6.07, 6.45) is 13.6. The van der Waals surface area contributed by atoms with E-state index in [4.69, 9.17) is 0 Å². The van der Waals surface area contributed by atoms with Crippen LogP contribution in [0.5, 0.6) is 0 Å². The molecule has 0 saturated heterocycles. The van der Waals surface area contributed by atoms with E-state index in [1.807, 2.05) is 6.08 Å². The standard InChI is InChI=1S/C32H26/c1-3-4-19-32(2)20-17-25-24-13-7-10-16-28(24)30-26-14-8-5-11-22(26)23-12-6-9-15-27(23)31(30)29(25)18-21-32/h3,5-18,20-21H,1,4,19H2,2H3/t32-/m1/s1. The van der Waals surface area contributed by atoms with Crippen LogP contribution in [0.15, 0.2) is 97.6 Å². The molecule has 0 nitrogen and oxygen atoms in total. The molecule has 0 fully saturated rings. The number of hydrogen-bond donors (Lipinski definition) is 0. The maximum atomic E-state index is 3.94. The van der Waals surface area contributed by atoms with Gasteiger partial charge in [0, 0.05) is 5.41 Å². The predicted molar refractivity (Wildman–Crippen MR) is 142 cm³/mol. The molecule has 5 aromatic rings. The lowest BCUT2D eigenvalue weighted by Crippen LogP contribution is -2.07. The van der Waals surface area contributed by atoms with Gasteiger partial charge in [-0.05, 0) is 67.1 Å². The van der Waals surface area contributed by atoms with Crippen LogP contribution in [0.3, 0.4) is 0 Å². The van der Waals surface area contributed by atoms with Crippen molar-refractivity contribution in [3.63, 3.8) is 0 Å². The van der Waals surface area contributed by atoms with Crippen molar-refractivity contribution in [2.24, 2.45) is 5.41 Å². The average Bonchev–Trinajstić information content (AvgIpc) is 3.02. The van der Waals surface area contributed by atoms with E-state index in [0.717, 1.165) is 12.8 Å². The van der Waals surface area contributed by atoms with E-state index in [-0.39, 0.29) is 5.41 Å². The maximum absolute atomic E-state index is 3.94. The Morgan fingerprint density at radius 3 is 1.69 bits per heavy atom. The van der Waals surface area contributed by atoms with E-state index in [1.165, 1.54) is 54.2 Å². The Kier molecular flexibility index (Phi) is 4.30. The van der Waals surface area contributed by atoms with Gasteiger partial charge in [0.2, 0.25) is 0 Å². The molecule has 154 valence electrons. The highest BCUT2D eigenvalue weighted by atomic mass is 14.3. The minimum absolute atomic E-state index is 0.0211. The Balaban J connectivity index is 1.86. The van der Waals surface area contributed by atoms with Crippen LogP contribution in [0.2, 0.25) is 0 Å². The molecule has 1 aliphatic carbocycles. The Morgan fingerprint density at radius 2 is 1.09 bits per heavy atom. The van der Waals surface area contributed by atoms with Gasteiger partial charge in [-0.1, -0.05) is 110 Å². The zero-order valence-corrected chi connectivity index (χ0v) is 18.4. The van der Waals surface area contributed by atoms with Crippen LogP contribution >= 0.6 is 0 Å². The van der Waals surface area contributed by atoms with Crippen LogP contribution in [0.4, 0.5) is 0 Å². The smallest absolute Gasteiger partial charge is 0.00423 e. The number of hydrogen-bond acceptors (Lipinski definition) is 0. The Bertz CT molecular complexity index is 1590. The molecule has 1 atom stereocenters. The van der Waals surface area contributed by atoms with Crippen molar-refractivity contribution in [2.75, 3.05) is 0 Å². The number of fused-ring (bicyclic) bond motifs is 11. The highest BCUT2D eigenvalue weighted by molar-refractivity contribution is 6.34. The van der Waals surface area contributed by atoms with Gasteiger partial charge >= 0.3 is 0 Å². The fourth-order valence-corrected chi connectivity index (χ4v) is 5.45. The minimum Gasteiger partial charge on any atom is -0.103 e. The molecular formula is C32H26. The van der Waals surface area contributed by atoms with Crippen LogP contribution < -0.4 is 0 Å². The van der Waals surface area contributed by atoms with Crippen LogP contribution in [0.1, 0.15) is 30.9 Å². The van der Waals surface area contributed by atoms with Gasteiger partial charge in [0.25, 0.3) is 0 Å². The van der Waals surface area contributed by atoms with Gasteiger partial charge in [0.1, 0.15) is 0 Å². The summed E-state index contributed by atoms with van der Waals surface area (Å²) >= 11 is 0. The molecule has 5 aromatic carbocycles. The van der Waals surface area contributed by atoms with E-state index >= 15 is 0 Å². The Hall–Kier alpha value is -3.64. The topological polar surface area (TPSA) is 0 Å². The van der Waals surface area contributed by atoms with Crippen molar-refractivity contribution in [1.29, 1.82) is 0 Å². The molecule has 0 heterocycles. The summed E-state index contributed by atoms with van der Waals surface area (Å²) in [5, 5.41) is 10.7. The lowest BCUT2D eigenvalue weighted by Gasteiger charge is -2.20. The van der Waals surface area contributed by atoms with Gasteiger partial charge in [-0.3, -0.25) is 0 Å². The maximum Gasteiger partial charge on any atom is 0.00423 e. The van der Waals surface area contributed by atoms with Crippen molar-refractivity contribution in [3.05, 3.63) is 109 Å². The van der Waals surface area contributed by atoms with Gasteiger partial charge in [0.05, 0.1) is 0 Å². The highest BCUT2D eigenvalue weighted by Crippen LogP contribution is 2.45. The second-order valence-electron chi connectivity index (χ2n) is 9.21. The van der Waals surface area contributed by atoms with Crippen molar-refractivity contribution >= 4 is 55.2 Å². The number of benzene rings is 5. The largest absolute Gasteiger partial charge is 0.103 e. The molecule has 0 aliphatic heterocycles. The first-order valence-electron chi connectivity index (χ1n) is 11.5. The molecular weight excluding hydrogens is 384 g/mol. The third kappa shape index (κ3) is 2.76. The molecule has 0 spiro atoms. The summed E-state index contributed by atoms with van der Waals surface area (Å²) in [6, 6.07) is 26.7. The molecule has 0 aromatic heterocycles. The number of allylic oxidation sites excluding steroid dienone is 3. The molecule has 0 amide bonds. The summed E-state index contributed by atoms with van der Waals surface area (Å²) in [5.74, 6) is 0. The van der Waals surface area contributed by atoms with Crippen molar-refractivity contribution < 1.29 is 0 Å². The van der Waals surface area contributed by atoms with Crippen LogP contribution in [-0.2, 0) is 0 Å². The third-order valence-corrected chi connectivity index (χ3v) is 7.13. The van der Waals surface area contributed by atoms with E-state index in [9.17, 15) is 0 Å². The summed E-state index contributed by atoms with van der Waals surface area (Å²) in [5.41, 5.74) is 2.68. The molecule has 0 N–H and O–H groups in total. The van der Waals surface area contributed by atoms with Gasteiger partial charge in [-0.2, -0.15) is 0 Å². The average molecular weight is 411 g/mol. The zero-order chi connectivity index (χ0) is 21.7. The minimum atomic E-state index is 0.0211. The lowest BCUT2D eigenvalue weighted by atomic mass is 9.85. The van der Waals surface area contributed by atoms with Crippen molar-refractivity contribution in [2.45, 2.75) is 19.8 Å². The predicted octanol–water partition coefficient (Wildman–Crippen LogP) is 9.31. The van der Waals surface area contributed by atoms with Crippen molar-refractivity contribution in [3.8, 4) is 0 Å². The lowest BCUT2D eigenvalue weighted by molar-refractivity contribution is 0.511. The van der Waals surface area contributed by atoms with E-state index in [1.54, 1.807) is 0 Å². The first-order chi connectivity index (χ1) is 15.7. The summed E-state index contributed by atoms with van der Waals surface area (Å²) in [6.45, 7) is 6.26. The molecule has 0 bridgehead atoms. The normalized spacial score (nSPS) is 17.8. The van der Waals surface area contributed by atoms with Crippen molar-refractivity contribution in [1.82, 2.24) is 0 Å². The van der Waals surface area contributed by atoms with Crippen LogP contribution in [0, 0.1) is 5.41 Å². The fourth-order valence-electron chi connectivity index (χ4n) is 5.45. The monoisotopic (exact) mass is 410 g/mol. The van der Waals surface area contributed by atoms with Crippen LogP contribution in [0.25, 0.3) is 55.2 Å². The second kappa shape index (κ2) is 7.21. The highest BCUT2D eigenvalue weighted by Gasteiger charge is 2.22. The SMILES string of the molecule is C=CCC[C@]1(C)C=Cc2c(c3c4ccccc4c4ccccc4c3c3ccccc23)C=C1. The Morgan fingerprint density at radius 1 is 0.625 bits per heavy atom. The Labute approximate surface area is 189 Å². The second-order valence-corrected chi connectivity index (χ2v) is 9.21. The molecule has 32 heavy (non-hydrogen) atoms. The van der Waals surface area contributed by atoms with Gasteiger partial charge in [0.15, 0.2) is 0 Å². The third-order valence-electron chi connectivity index (χ3n) is 7.13. The summed E-state index contributed by atoms with van der Waals surface area (Å²) in [7, 11) is 0. The fraction of sp³-hybridized carbons (Fsp3) is 0.125. The number of rotatable bonds is 3. The molecule has 1 aliphatic rings.